The van der Waals surface area contributed by atoms with Crippen LogP contribution in [0.1, 0.15) is 0 Å². The van der Waals surface area contributed by atoms with Gasteiger partial charge in [0, 0.05) is 5.56 Å². The van der Waals surface area contributed by atoms with Crippen LogP contribution >= 0.6 is 11.6 Å². The fraction of sp³-hybridized carbons (Fsp3) is 0.111. The van der Waals surface area contributed by atoms with Crippen molar-refractivity contribution in [2.75, 3.05) is 0 Å². The molecule has 0 fully saturated rings. The fourth-order valence-electron chi connectivity index (χ4n) is 1.28. The third kappa shape index (κ3) is 2.39. The van der Waals surface area contributed by atoms with E-state index < -0.39 is 11.8 Å². The number of benzene rings is 1. The van der Waals surface area contributed by atoms with Crippen LogP contribution < -0.4 is 0 Å². The number of rotatable bonds is 3. The number of halogens is 2. The topological polar surface area (TPSA) is 80.9 Å². The molecule has 0 radical (unpaired) electrons. The molecule has 2 aromatic rings. The Morgan fingerprint density at radius 3 is 2.94 bits per heavy atom. The van der Waals surface area contributed by atoms with Gasteiger partial charge in [0.05, 0.1) is 5.02 Å². The van der Waals surface area contributed by atoms with E-state index in [1.165, 1.54) is 12.1 Å². The first kappa shape index (κ1) is 11.5. The van der Waals surface area contributed by atoms with Crippen LogP contribution in [0.4, 0.5) is 4.39 Å². The van der Waals surface area contributed by atoms with Crippen molar-refractivity contribution in [2.45, 2.75) is 6.54 Å². The fourth-order valence-corrected chi connectivity index (χ4v) is 1.46. The van der Waals surface area contributed by atoms with Crippen LogP contribution in [0.3, 0.4) is 0 Å². The molecule has 6 nitrogen and oxygen atoms in total. The molecular weight excluding hydrogens is 251 g/mol. The molecule has 0 amide bonds. The van der Waals surface area contributed by atoms with Gasteiger partial charge in [-0.1, -0.05) is 11.6 Å². The van der Waals surface area contributed by atoms with Crippen LogP contribution in [0, 0.1) is 5.82 Å². The highest BCUT2D eigenvalue weighted by Gasteiger charge is 2.12. The molecule has 1 aromatic carbocycles. The summed E-state index contributed by atoms with van der Waals surface area (Å²) in [5.74, 6) is -1.42. The van der Waals surface area contributed by atoms with Gasteiger partial charge in [0.15, 0.2) is 5.82 Å². The van der Waals surface area contributed by atoms with Crippen molar-refractivity contribution >= 4 is 17.6 Å². The second-order valence-electron chi connectivity index (χ2n) is 3.18. The second kappa shape index (κ2) is 4.46. The summed E-state index contributed by atoms with van der Waals surface area (Å²) in [7, 11) is 0. The first-order valence-electron chi connectivity index (χ1n) is 4.51. The van der Waals surface area contributed by atoms with Gasteiger partial charge in [0.1, 0.15) is 12.4 Å². The Morgan fingerprint density at radius 2 is 2.29 bits per heavy atom. The maximum Gasteiger partial charge on any atom is 0.325 e. The molecule has 0 atom stereocenters. The summed E-state index contributed by atoms with van der Waals surface area (Å²) in [5.41, 5.74) is 0.447. The molecule has 0 aliphatic carbocycles. The number of carboxylic acid groups (broad SMARTS) is 1. The van der Waals surface area contributed by atoms with Crippen LogP contribution in [0.5, 0.6) is 0 Å². The van der Waals surface area contributed by atoms with E-state index in [2.05, 4.69) is 15.5 Å². The molecule has 0 bridgehead atoms. The van der Waals surface area contributed by atoms with Crippen molar-refractivity contribution in [3.05, 3.63) is 29.0 Å². The maximum absolute atomic E-state index is 13.0. The van der Waals surface area contributed by atoms with Gasteiger partial charge in [-0.3, -0.25) is 4.79 Å². The number of tetrazole rings is 1. The normalized spacial score (nSPS) is 10.5. The monoisotopic (exact) mass is 256 g/mol. The van der Waals surface area contributed by atoms with E-state index in [9.17, 15) is 9.18 Å². The highest BCUT2D eigenvalue weighted by atomic mass is 35.5. The van der Waals surface area contributed by atoms with E-state index in [1.54, 1.807) is 0 Å². The predicted octanol–water partition coefficient (Wildman–Crippen LogP) is 1.22. The molecule has 1 aromatic heterocycles. The molecule has 0 unspecified atom stereocenters. The molecule has 0 spiro atoms. The van der Waals surface area contributed by atoms with Crippen molar-refractivity contribution in [3.8, 4) is 11.4 Å². The molecule has 17 heavy (non-hydrogen) atoms. The smallest absolute Gasteiger partial charge is 0.325 e. The number of hydrogen-bond acceptors (Lipinski definition) is 4. The zero-order chi connectivity index (χ0) is 12.4. The van der Waals surface area contributed by atoms with Crippen LogP contribution in [-0.2, 0) is 11.3 Å². The lowest BCUT2D eigenvalue weighted by atomic mass is 10.2. The molecule has 0 saturated carbocycles. The van der Waals surface area contributed by atoms with Gasteiger partial charge < -0.3 is 5.11 Å². The van der Waals surface area contributed by atoms with Gasteiger partial charge >= 0.3 is 5.97 Å². The van der Waals surface area contributed by atoms with E-state index >= 15 is 0 Å². The maximum atomic E-state index is 13.0. The van der Waals surface area contributed by atoms with Crippen LogP contribution in [-0.4, -0.2) is 31.3 Å². The Morgan fingerprint density at radius 1 is 1.53 bits per heavy atom. The standard InChI is InChI=1S/C9H6ClFN4O2/c10-6-3-5(1-2-7(6)11)9-12-13-14-15(9)4-8(16)17/h1-3H,4H2,(H,16,17). The number of carboxylic acids is 1. The summed E-state index contributed by atoms with van der Waals surface area (Å²) in [5, 5.41) is 19.1. The molecule has 0 saturated heterocycles. The van der Waals surface area contributed by atoms with Gasteiger partial charge in [-0.15, -0.1) is 5.10 Å². The van der Waals surface area contributed by atoms with E-state index in [0.29, 0.717) is 5.56 Å². The molecular formula is C9H6ClFN4O2. The zero-order valence-electron chi connectivity index (χ0n) is 8.34. The third-order valence-corrected chi connectivity index (χ3v) is 2.28. The highest BCUT2D eigenvalue weighted by molar-refractivity contribution is 6.31. The summed E-state index contributed by atoms with van der Waals surface area (Å²) < 4.78 is 14.1. The van der Waals surface area contributed by atoms with Crippen molar-refractivity contribution in [1.82, 2.24) is 20.2 Å². The Kier molecular flexibility index (Phi) is 3.01. The Hall–Kier alpha value is -2.02. The van der Waals surface area contributed by atoms with Crippen molar-refractivity contribution < 1.29 is 14.3 Å². The number of aliphatic carboxylic acids is 1. The first-order chi connectivity index (χ1) is 8.08. The van der Waals surface area contributed by atoms with E-state index in [-0.39, 0.29) is 17.4 Å². The minimum absolute atomic E-state index is 0.0765. The third-order valence-electron chi connectivity index (χ3n) is 1.99. The lowest BCUT2D eigenvalue weighted by Crippen LogP contribution is -2.11. The van der Waals surface area contributed by atoms with Gasteiger partial charge in [-0.25, -0.2) is 9.07 Å². The molecule has 88 valence electrons. The predicted molar refractivity (Wildman–Crippen MR) is 55.9 cm³/mol. The van der Waals surface area contributed by atoms with E-state index in [0.717, 1.165) is 10.7 Å². The molecule has 1 N–H and O–H groups in total. The molecule has 0 aliphatic rings. The lowest BCUT2D eigenvalue weighted by molar-refractivity contribution is -0.137. The average molecular weight is 257 g/mol. The van der Waals surface area contributed by atoms with Crippen LogP contribution in [0.15, 0.2) is 18.2 Å². The quantitative estimate of drug-likeness (QED) is 0.893. The summed E-state index contributed by atoms with van der Waals surface area (Å²) in [6.07, 6.45) is 0. The van der Waals surface area contributed by atoms with Crippen molar-refractivity contribution in [1.29, 1.82) is 0 Å². The second-order valence-corrected chi connectivity index (χ2v) is 3.59. The van der Waals surface area contributed by atoms with Crippen molar-refractivity contribution in [2.24, 2.45) is 0 Å². The van der Waals surface area contributed by atoms with Gasteiger partial charge in [-0.05, 0) is 28.6 Å². The summed E-state index contributed by atoms with van der Waals surface area (Å²) in [6, 6.07) is 3.92. The van der Waals surface area contributed by atoms with Gasteiger partial charge in [0.25, 0.3) is 0 Å². The SMILES string of the molecule is O=C(O)Cn1nnnc1-c1ccc(F)c(Cl)c1. The first-order valence-corrected chi connectivity index (χ1v) is 4.89. The molecule has 8 heteroatoms. The highest BCUT2D eigenvalue weighted by Crippen LogP contribution is 2.22. The number of nitrogens with zero attached hydrogens (tertiary/aromatic N) is 4. The Labute approximate surface area is 99.6 Å². The minimum Gasteiger partial charge on any atom is -0.480 e. The Bertz CT molecular complexity index is 572. The van der Waals surface area contributed by atoms with Gasteiger partial charge in [0.2, 0.25) is 0 Å². The van der Waals surface area contributed by atoms with Gasteiger partial charge in [-0.2, -0.15) is 0 Å². The lowest BCUT2D eigenvalue weighted by Gasteiger charge is -2.02. The zero-order valence-corrected chi connectivity index (χ0v) is 9.10. The molecule has 0 aliphatic heterocycles. The van der Waals surface area contributed by atoms with E-state index in [1.807, 2.05) is 0 Å². The minimum atomic E-state index is -1.08. The number of hydrogen-bond donors (Lipinski definition) is 1. The van der Waals surface area contributed by atoms with Crippen LogP contribution in [0.2, 0.25) is 5.02 Å². The van der Waals surface area contributed by atoms with Crippen LogP contribution in [0.25, 0.3) is 11.4 Å². The average Bonchev–Trinajstić information content (AvgIpc) is 2.69. The number of aromatic nitrogens is 4. The van der Waals surface area contributed by atoms with E-state index in [4.69, 9.17) is 16.7 Å². The largest absolute Gasteiger partial charge is 0.480 e. The molecule has 2 rings (SSSR count). The Balaban J connectivity index is 2.42. The van der Waals surface area contributed by atoms with Crippen molar-refractivity contribution in [3.63, 3.8) is 0 Å². The summed E-state index contributed by atoms with van der Waals surface area (Å²) >= 11 is 5.62. The summed E-state index contributed by atoms with van der Waals surface area (Å²) in [6.45, 7) is -0.378. The summed E-state index contributed by atoms with van der Waals surface area (Å²) in [4.78, 5) is 10.6. The number of carbonyl (C=O) groups is 1. The molecule has 1 heterocycles.